The van der Waals surface area contributed by atoms with Gasteiger partial charge in [0, 0.05) is 15.2 Å². The van der Waals surface area contributed by atoms with Crippen LogP contribution in [-0.4, -0.2) is 4.57 Å². The molecule has 0 fully saturated rings. The standard InChI is InChI=1S/C28H16BrNS/c29-22-16-26-28-27-19(9-6-10-20(22)27)21-15-18(17-7-2-1-3-8-17)13-14-23(21)30(28)24-11-4-5-12-25(24)31-26/h1-16H. The average molecular weight is 478 g/mol. The van der Waals surface area contributed by atoms with E-state index in [1.807, 2.05) is 11.3 Å². The van der Waals surface area contributed by atoms with Crippen molar-refractivity contribution < 1.29 is 0 Å². The Kier molecular flexibility index (Phi) is 3.64. The predicted molar refractivity (Wildman–Crippen MR) is 138 cm³/mol. The molecule has 0 aliphatic carbocycles. The summed E-state index contributed by atoms with van der Waals surface area (Å²) >= 11 is 5.71. The van der Waals surface area contributed by atoms with Crippen molar-refractivity contribution in [3.05, 3.63) is 102 Å². The van der Waals surface area contributed by atoms with E-state index in [1.165, 1.54) is 58.8 Å². The van der Waals surface area contributed by atoms with Crippen molar-refractivity contribution >= 4 is 69.2 Å². The van der Waals surface area contributed by atoms with E-state index in [4.69, 9.17) is 0 Å². The monoisotopic (exact) mass is 477 g/mol. The summed E-state index contributed by atoms with van der Waals surface area (Å²) in [4.78, 5) is 0. The number of para-hydroxylation sites is 1. The van der Waals surface area contributed by atoms with Gasteiger partial charge in [0.2, 0.25) is 0 Å². The van der Waals surface area contributed by atoms with Gasteiger partial charge in [-0.25, -0.2) is 0 Å². The Hall–Kier alpha value is -3.14. The summed E-state index contributed by atoms with van der Waals surface area (Å²) in [7, 11) is 0. The maximum absolute atomic E-state index is 3.85. The maximum Gasteiger partial charge on any atom is 0.0720 e. The number of hydrogen-bond acceptors (Lipinski definition) is 1. The average Bonchev–Trinajstić information content (AvgIpc) is 2.83. The number of benzene rings is 5. The van der Waals surface area contributed by atoms with Crippen LogP contribution in [0.5, 0.6) is 0 Å². The van der Waals surface area contributed by atoms with Crippen molar-refractivity contribution in [3.8, 4) is 16.8 Å². The molecule has 0 aromatic heterocycles. The third kappa shape index (κ3) is 2.42. The van der Waals surface area contributed by atoms with Crippen molar-refractivity contribution in [2.75, 3.05) is 0 Å². The number of pyridine rings is 1. The van der Waals surface area contributed by atoms with Gasteiger partial charge in [-0.05, 0) is 52.2 Å². The van der Waals surface area contributed by atoms with Crippen LogP contribution < -0.4 is 0 Å². The van der Waals surface area contributed by atoms with Crippen LogP contribution in [0.1, 0.15) is 0 Å². The number of aromatic nitrogens is 1. The first kappa shape index (κ1) is 17.5. The first-order chi connectivity index (χ1) is 15.3. The molecule has 3 heteroatoms. The lowest BCUT2D eigenvalue weighted by Gasteiger charge is -2.24. The highest BCUT2D eigenvalue weighted by Gasteiger charge is 2.21. The fourth-order valence-corrected chi connectivity index (χ4v) is 6.71. The van der Waals surface area contributed by atoms with Crippen molar-refractivity contribution in [1.82, 2.24) is 4.57 Å². The Morgan fingerprint density at radius 2 is 1.39 bits per heavy atom. The van der Waals surface area contributed by atoms with Crippen LogP contribution in [0, 0.1) is 0 Å². The highest BCUT2D eigenvalue weighted by molar-refractivity contribution is 9.10. The number of fused-ring (bicyclic) bond motifs is 5. The van der Waals surface area contributed by atoms with E-state index in [1.54, 1.807) is 0 Å². The maximum atomic E-state index is 3.85. The summed E-state index contributed by atoms with van der Waals surface area (Å²) in [6, 6.07) is 35.2. The highest BCUT2D eigenvalue weighted by Crippen LogP contribution is 2.46. The van der Waals surface area contributed by atoms with Crippen LogP contribution in [0.4, 0.5) is 0 Å². The second-order valence-corrected chi connectivity index (χ2v) is 9.87. The molecule has 2 aliphatic heterocycles. The number of rotatable bonds is 1. The van der Waals surface area contributed by atoms with Gasteiger partial charge < -0.3 is 4.57 Å². The van der Waals surface area contributed by atoms with Crippen LogP contribution in [0.15, 0.2) is 102 Å². The zero-order valence-corrected chi connectivity index (χ0v) is 18.9. The van der Waals surface area contributed by atoms with E-state index in [9.17, 15) is 0 Å². The molecule has 0 spiro atoms. The summed E-state index contributed by atoms with van der Waals surface area (Å²) in [5.41, 5.74) is 6.29. The molecule has 0 amide bonds. The number of halogens is 1. The van der Waals surface area contributed by atoms with E-state index in [0.29, 0.717) is 0 Å². The molecule has 2 heterocycles. The molecule has 0 saturated carbocycles. The van der Waals surface area contributed by atoms with Gasteiger partial charge in [0.1, 0.15) is 0 Å². The first-order valence-electron chi connectivity index (χ1n) is 10.3. The Morgan fingerprint density at radius 1 is 0.581 bits per heavy atom. The summed E-state index contributed by atoms with van der Waals surface area (Å²) in [6.07, 6.45) is 0. The third-order valence-corrected chi connectivity index (χ3v) is 7.99. The Bertz CT molecular complexity index is 1740. The minimum Gasteiger partial charge on any atom is -0.306 e. The predicted octanol–water partition coefficient (Wildman–Crippen LogP) is 9.02. The number of nitrogens with zero attached hydrogens (tertiary/aromatic N) is 1. The molecule has 7 rings (SSSR count). The van der Waals surface area contributed by atoms with E-state index >= 15 is 0 Å². The molecule has 5 aromatic carbocycles. The smallest absolute Gasteiger partial charge is 0.0720 e. The van der Waals surface area contributed by atoms with Crippen LogP contribution in [0.25, 0.3) is 58.8 Å². The molecule has 0 atom stereocenters. The molecule has 0 N–H and O–H groups in total. The van der Waals surface area contributed by atoms with E-state index in [2.05, 4.69) is 118 Å². The van der Waals surface area contributed by atoms with Crippen LogP contribution in [0.2, 0.25) is 0 Å². The van der Waals surface area contributed by atoms with Gasteiger partial charge in [0.25, 0.3) is 0 Å². The van der Waals surface area contributed by atoms with E-state index in [-0.39, 0.29) is 0 Å². The molecule has 0 radical (unpaired) electrons. The van der Waals surface area contributed by atoms with E-state index < -0.39 is 0 Å². The fraction of sp³-hybridized carbons (Fsp3) is 0. The molecule has 0 bridgehead atoms. The third-order valence-electron chi connectivity index (χ3n) is 6.23. The molecular formula is C28H16BrNS. The molecule has 2 aliphatic rings. The van der Waals surface area contributed by atoms with Crippen molar-refractivity contribution in [2.45, 2.75) is 0 Å². The van der Waals surface area contributed by atoms with Gasteiger partial charge in [-0.15, -0.1) is 11.3 Å². The van der Waals surface area contributed by atoms with Gasteiger partial charge >= 0.3 is 0 Å². The van der Waals surface area contributed by atoms with E-state index in [0.717, 1.165) is 4.47 Å². The number of hydrogen-bond donors (Lipinski definition) is 0. The van der Waals surface area contributed by atoms with Gasteiger partial charge in [-0.2, -0.15) is 0 Å². The zero-order valence-electron chi connectivity index (χ0n) is 16.5. The van der Waals surface area contributed by atoms with Crippen molar-refractivity contribution in [1.29, 1.82) is 0 Å². The van der Waals surface area contributed by atoms with Crippen LogP contribution in [0.3, 0.4) is 0 Å². The molecular weight excluding hydrogens is 462 g/mol. The quantitative estimate of drug-likeness (QED) is 0.164. The lowest BCUT2D eigenvalue weighted by atomic mass is 9.95. The Labute approximate surface area is 191 Å². The molecule has 0 unspecified atom stereocenters. The molecule has 31 heavy (non-hydrogen) atoms. The SMILES string of the molecule is Brc1cc2sc3ccccc3n3c4ccc(-c5ccccc5)cc4c4cccc1c4c2-3. The molecule has 0 saturated heterocycles. The van der Waals surface area contributed by atoms with Gasteiger partial charge in [0.15, 0.2) is 0 Å². The van der Waals surface area contributed by atoms with Crippen molar-refractivity contribution in [2.24, 2.45) is 0 Å². The lowest BCUT2D eigenvalue weighted by molar-refractivity contribution is 1.20. The zero-order chi connectivity index (χ0) is 20.5. The largest absolute Gasteiger partial charge is 0.306 e. The minimum absolute atomic E-state index is 1.15. The molecule has 146 valence electrons. The van der Waals surface area contributed by atoms with Gasteiger partial charge in [-0.3, -0.25) is 0 Å². The van der Waals surface area contributed by atoms with Gasteiger partial charge in [-0.1, -0.05) is 82.7 Å². The molecule has 5 aromatic rings. The summed E-state index contributed by atoms with van der Waals surface area (Å²) in [6.45, 7) is 0. The molecule has 1 nitrogen and oxygen atoms in total. The Balaban J connectivity index is 1.78. The summed E-state index contributed by atoms with van der Waals surface area (Å²) in [5.74, 6) is 0. The Morgan fingerprint density at radius 3 is 2.29 bits per heavy atom. The van der Waals surface area contributed by atoms with Gasteiger partial charge in [0.05, 0.1) is 26.1 Å². The normalized spacial score (nSPS) is 12.0. The lowest BCUT2D eigenvalue weighted by Crippen LogP contribution is -2.04. The summed E-state index contributed by atoms with van der Waals surface area (Å²) in [5, 5.41) is 5.17. The van der Waals surface area contributed by atoms with Crippen LogP contribution >= 0.6 is 27.3 Å². The second kappa shape index (κ2) is 6.43. The second-order valence-electron chi connectivity index (χ2n) is 7.94. The highest BCUT2D eigenvalue weighted by atomic mass is 79.9. The van der Waals surface area contributed by atoms with Crippen molar-refractivity contribution in [3.63, 3.8) is 0 Å². The topological polar surface area (TPSA) is 4.93 Å². The summed E-state index contributed by atoms with van der Waals surface area (Å²) < 4.78 is 6.20. The first-order valence-corrected chi connectivity index (χ1v) is 11.9. The minimum atomic E-state index is 1.15. The van der Waals surface area contributed by atoms with Crippen LogP contribution in [-0.2, 0) is 0 Å². The fourth-order valence-electron chi connectivity index (χ4n) is 4.89.